The van der Waals surface area contributed by atoms with Crippen molar-refractivity contribution in [3.8, 4) is 5.75 Å². The molecule has 0 heterocycles. The summed E-state index contributed by atoms with van der Waals surface area (Å²) in [4.78, 5) is 0. The van der Waals surface area contributed by atoms with Crippen molar-refractivity contribution in [3.05, 3.63) is 29.3 Å². The highest BCUT2D eigenvalue weighted by Crippen LogP contribution is 2.36. The number of hydrogen-bond donors (Lipinski definition) is 2. The van der Waals surface area contributed by atoms with Gasteiger partial charge >= 0.3 is 0 Å². The zero-order valence-electron chi connectivity index (χ0n) is 12.5. The van der Waals surface area contributed by atoms with Gasteiger partial charge in [0.1, 0.15) is 5.75 Å². The Morgan fingerprint density at radius 2 is 1.95 bits per heavy atom. The number of rotatable bonds is 4. The van der Waals surface area contributed by atoms with Gasteiger partial charge in [-0.3, -0.25) is 0 Å². The molecule has 2 N–H and O–H groups in total. The van der Waals surface area contributed by atoms with E-state index in [0.29, 0.717) is 11.2 Å². The van der Waals surface area contributed by atoms with Gasteiger partial charge in [-0.05, 0) is 38.2 Å². The van der Waals surface area contributed by atoms with E-state index in [0.717, 1.165) is 12.1 Å². The van der Waals surface area contributed by atoms with Crippen molar-refractivity contribution in [1.82, 2.24) is 5.32 Å². The van der Waals surface area contributed by atoms with Gasteiger partial charge in [0.15, 0.2) is 0 Å². The van der Waals surface area contributed by atoms with Gasteiger partial charge in [-0.25, -0.2) is 0 Å². The number of hydrogen-bond acceptors (Lipinski definition) is 2. The van der Waals surface area contributed by atoms with Crippen molar-refractivity contribution >= 4 is 0 Å². The van der Waals surface area contributed by atoms with Crippen molar-refractivity contribution in [2.75, 3.05) is 6.54 Å². The molecule has 2 rings (SSSR count). The van der Waals surface area contributed by atoms with Crippen LogP contribution in [0.15, 0.2) is 18.2 Å². The minimum Gasteiger partial charge on any atom is -0.508 e. The highest BCUT2D eigenvalue weighted by Gasteiger charge is 2.27. The Bertz CT molecular complexity index is 421. The molecule has 1 atom stereocenters. The molecule has 0 aromatic heterocycles. The first-order chi connectivity index (χ1) is 9.00. The topological polar surface area (TPSA) is 32.3 Å². The molecule has 1 aromatic rings. The maximum absolute atomic E-state index is 9.97. The fraction of sp³-hybridized carbons (Fsp3) is 0.647. The molecule has 1 saturated carbocycles. The van der Waals surface area contributed by atoms with Gasteiger partial charge < -0.3 is 10.4 Å². The van der Waals surface area contributed by atoms with Crippen LogP contribution in [0.25, 0.3) is 0 Å². The molecule has 106 valence electrons. The second-order valence-corrected chi connectivity index (χ2v) is 6.54. The van der Waals surface area contributed by atoms with E-state index < -0.39 is 0 Å². The number of phenolic OH excluding ortho intramolecular Hbond substituents is 1. The Balaban J connectivity index is 1.97. The normalized spacial score (nSPS) is 20.2. The van der Waals surface area contributed by atoms with E-state index in [1.165, 1.54) is 37.7 Å². The fourth-order valence-corrected chi connectivity index (χ4v) is 3.11. The van der Waals surface area contributed by atoms with Crippen LogP contribution in [0.1, 0.15) is 63.1 Å². The summed E-state index contributed by atoms with van der Waals surface area (Å²) in [5, 5.41) is 13.6. The Morgan fingerprint density at radius 1 is 1.26 bits per heavy atom. The van der Waals surface area contributed by atoms with Crippen LogP contribution in [0.3, 0.4) is 0 Å². The number of nitrogens with one attached hydrogen (secondary N) is 1. The molecule has 0 spiro atoms. The van der Waals surface area contributed by atoms with E-state index in [1.54, 1.807) is 6.07 Å². The van der Waals surface area contributed by atoms with E-state index in [1.807, 2.05) is 6.07 Å². The summed E-state index contributed by atoms with van der Waals surface area (Å²) in [6, 6.07) is 6.04. The van der Waals surface area contributed by atoms with Gasteiger partial charge in [0, 0.05) is 18.2 Å². The Labute approximate surface area is 117 Å². The summed E-state index contributed by atoms with van der Waals surface area (Å²) >= 11 is 0. The fourth-order valence-electron chi connectivity index (χ4n) is 3.11. The quantitative estimate of drug-likeness (QED) is 0.846. The molecule has 2 nitrogen and oxygen atoms in total. The lowest BCUT2D eigenvalue weighted by molar-refractivity contribution is 0.201. The van der Waals surface area contributed by atoms with Crippen molar-refractivity contribution in [2.24, 2.45) is 5.41 Å². The average Bonchev–Trinajstić information content (AvgIpc) is 2.40. The first-order valence-electron chi connectivity index (χ1n) is 7.53. The monoisotopic (exact) mass is 261 g/mol. The Morgan fingerprint density at radius 3 is 2.63 bits per heavy atom. The number of aromatic hydroxyl groups is 1. The third-order valence-electron chi connectivity index (χ3n) is 4.55. The van der Waals surface area contributed by atoms with E-state index in [-0.39, 0.29) is 6.04 Å². The molecular weight excluding hydrogens is 234 g/mol. The average molecular weight is 261 g/mol. The van der Waals surface area contributed by atoms with Crippen molar-refractivity contribution < 1.29 is 5.11 Å². The highest BCUT2D eigenvalue weighted by atomic mass is 16.3. The first-order valence-corrected chi connectivity index (χ1v) is 7.53. The molecule has 1 unspecified atom stereocenters. The lowest BCUT2D eigenvalue weighted by Crippen LogP contribution is -2.35. The van der Waals surface area contributed by atoms with Crippen LogP contribution in [0.5, 0.6) is 5.75 Å². The molecule has 1 aliphatic carbocycles. The van der Waals surface area contributed by atoms with Crippen LogP contribution >= 0.6 is 0 Å². The predicted molar refractivity (Wildman–Crippen MR) is 80.5 cm³/mol. The molecular formula is C17H27NO. The van der Waals surface area contributed by atoms with E-state index in [4.69, 9.17) is 0 Å². The highest BCUT2D eigenvalue weighted by molar-refractivity contribution is 5.37. The van der Waals surface area contributed by atoms with Gasteiger partial charge in [-0.1, -0.05) is 43.9 Å². The predicted octanol–water partition coefficient (Wildman–Crippen LogP) is 4.32. The summed E-state index contributed by atoms with van der Waals surface area (Å²) in [6.45, 7) is 7.64. The maximum atomic E-state index is 9.97. The first kappa shape index (κ1) is 14.4. The van der Waals surface area contributed by atoms with Crippen LogP contribution in [-0.2, 0) is 0 Å². The van der Waals surface area contributed by atoms with Crippen LogP contribution in [0.4, 0.5) is 0 Å². The Hall–Kier alpha value is -1.02. The van der Waals surface area contributed by atoms with Gasteiger partial charge in [-0.15, -0.1) is 0 Å². The van der Waals surface area contributed by atoms with Gasteiger partial charge in [0.25, 0.3) is 0 Å². The Kier molecular flexibility index (Phi) is 4.51. The molecule has 1 fully saturated rings. The molecule has 1 aliphatic rings. The molecule has 19 heavy (non-hydrogen) atoms. The maximum Gasteiger partial charge on any atom is 0.120 e. The third-order valence-corrected chi connectivity index (χ3v) is 4.55. The van der Waals surface area contributed by atoms with E-state index in [9.17, 15) is 5.11 Å². The molecule has 2 heteroatoms. The van der Waals surface area contributed by atoms with Gasteiger partial charge in [0.05, 0.1) is 0 Å². The number of aryl methyl sites for hydroxylation is 1. The zero-order valence-corrected chi connectivity index (χ0v) is 12.5. The van der Waals surface area contributed by atoms with Crippen molar-refractivity contribution in [2.45, 2.75) is 58.9 Å². The lowest BCUT2D eigenvalue weighted by atomic mass is 9.75. The summed E-state index contributed by atoms with van der Waals surface area (Å²) in [6.07, 6.45) is 6.77. The zero-order chi connectivity index (χ0) is 13.9. The van der Waals surface area contributed by atoms with Crippen LogP contribution in [-0.4, -0.2) is 11.7 Å². The van der Waals surface area contributed by atoms with Crippen molar-refractivity contribution in [1.29, 1.82) is 0 Å². The second-order valence-electron chi connectivity index (χ2n) is 6.54. The summed E-state index contributed by atoms with van der Waals surface area (Å²) in [5.74, 6) is 0.402. The smallest absolute Gasteiger partial charge is 0.120 e. The second kappa shape index (κ2) is 5.96. The van der Waals surface area contributed by atoms with E-state index in [2.05, 4.69) is 32.2 Å². The van der Waals surface area contributed by atoms with Crippen LogP contribution in [0.2, 0.25) is 0 Å². The van der Waals surface area contributed by atoms with Crippen LogP contribution in [0, 0.1) is 12.3 Å². The number of phenols is 1. The summed E-state index contributed by atoms with van der Waals surface area (Å²) in [7, 11) is 0. The van der Waals surface area contributed by atoms with Crippen LogP contribution < -0.4 is 5.32 Å². The lowest BCUT2D eigenvalue weighted by Gasteiger charge is -2.35. The van der Waals surface area contributed by atoms with Gasteiger partial charge in [-0.2, -0.15) is 0 Å². The minimum atomic E-state index is 0.207. The molecule has 0 aliphatic heterocycles. The molecule has 0 bridgehead atoms. The van der Waals surface area contributed by atoms with Crippen molar-refractivity contribution in [3.63, 3.8) is 0 Å². The number of benzene rings is 1. The molecule has 0 saturated heterocycles. The molecule has 1 aromatic carbocycles. The molecule has 0 amide bonds. The SMILES string of the molecule is Cc1ccc(O)c(C(C)NCC2(C)CCCCC2)c1. The van der Waals surface area contributed by atoms with E-state index >= 15 is 0 Å². The van der Waals surface area contributed by atoms with Gasteiger partial charge in [0.2, 0.25) is 0 Å². The third kappa shape index (κ3) is 3.73. The molecule has 0 radical (unpaired) electrons. The minimum absolute atomic E-state index is 0.207. The largest absolute Gasteiger partial charge is 0.508 e. The summed E-state index contributed by atoms with van der Waals surface area (Å²) < 4.78 is 0. The standard InChI is InChI=1S/C17H27NO/c1-13-7-8-16(19)15(11-13)14(2)18-12-17(3)9-5-4-6-10-17/h7-8,11,14,18-19H,4-6,9-10,12H2,1-3H3. The summed E-state index contributed by atoms with van der Waals surface area (Å²) in [5.41, 5.74) is 2.65.